The first kappa shape index (κ1) is 46.9. The zero-order valence-corrected chi connectivity index (χ0v) is 35.5. The molecule has 0 spiro atoms. The highest BCUT2D eigenvalue weighted by atomic mass is 35.5. The van der Waals surface area contributed by atoms with Gasteiger partial charge in [-0.1, -0.05) is 25.4 Å². The van der Waals surface area contributed by atoms with E-state index >= 15 is 0 Å². The Morgan fingerprint density at radius 1 is 0.825 bits per heavy atom. The molecule has 1 unspecified atom stereocenters. The molecule has 2 aromatic rings. The van der Waals surface area contributed by atoms with Crippen molar-refractivity contribution in [3.05, 3.63) is 46.0 Å². The van der Waals surface area contributed by atoms with Gasteiger partial charge in [-0.05, 0) is 103 Å². The lowest BCUT2D eigenvalue weighted by molar-refractivity contribution is 0.0220. The summed E-state index contributed by atoms with van der Waals surface area (Å²) in [6.45, 7) is 15.3. The molecule has 2 amide bonds. The van der Waals surface area contributed by atoms with Crippen molar-refractivity contribution >= 4 is 35.5 Å². The number of esters is 2. The second-order valence-electron chi connectivity index (χ2n) is 15.2. The van der Waals surface area contributed by atoms with Crippen LogP contribution in [0.5, 0.6) is 23.0 Å². The van der Waals surface area contributed by atoms with Crippen molar-refractivity contribution in [1.82, 2.24) is 15.1 Å². The van der Waals surface area contributed by atoms with Crippen LogP contribution in [0.4, 0.5) is 4.79 Å². The van der Waals surface area contributed by atoms with E-state index in [9.17, 15) is 19.2 Å². The predicted octanol–water partition coefficient (Wildman–Crippen LogP) is 5.97. The molecule has 0 aliphatic carbocycles. The van der Waals surface area contributed by atoms with E-state index in [0.29, 0.717) is 49.6 Å². The minimum atomic E-state index is -0.803. The van der Waals surface area contributed by atoms with Crippen LogP contribution in [-0.2, 0) is 14.2 Å². The molecular weight excluding hydrogens is 760 g/mol. The molecule has 0 aromatic heterocycles. The monoisotopic (exact) mass is 820 g/mol. The molecule has 1 atom stereocenters. The molecule has 1 aliphatic heterocycles. The number of hydrogen-bond donors (Lipinski definition) is 2. The van der Waals surface area contributed by atoms with Gasteiger partial charge in [0.2, 0.25) is 5.75 Å². The van der Waals surface area contributed by atoms with Gasteiger partial charge in [0, 0.05) is 26.2 Å². The first-order valence-electron chi connectivity index (χ1n) is 19.4. The Hall–Kier alpha value is -4.47. The molecule has 1 saturated heterocycles. The minimum Gasteiger partial charge on any atom is -0.493 e. The number of nitrogens with one attached hydrogen (secondary N) is 1. The average molecular weight is 821 g/mol. The number of ether oxygens (including phenoxy) is 7. The maximum atomic E-state index is 13.6. The number of methoxy groups -OCH3 is 3. The Labute approximate surface area is 341 Å². The molecule has 0 saturated carbocycles. The summed E-state index contributed by atoms with van der Waals surface area (Å²) in [6.07, 6.45) is 2.26. The number of nitrogens with two attached hydrogens (primary N) is 1. The summed E-state index contributed by atoms with van der Waals surface area (Å²) in [4.78, 5) is 55.4. The van der Waals surface area contributed by atoms with Crippen molar-refractivity contribution in [3.8, 4) is 23.0 Å². The first-order valence-corrected chi connectivity index (χ1v) is 19.8. The molecule has 2 aromatic carbocycles. The van der Waals surface area contributed by atoms with Crippen LogP contribution in [0.2, 0.25) is 5.02 Å². The van der Waals surface area contributed by atoms with Gasteiger partial charge in [0.05, 0.1) is 56.3 Å². The number of nitrogens with zero attached hydrogens (tertiary/aromatic N) is 2. The van der Waals surface area contributed by atoms with E-state index in [1.165, 1.54) is 33.5 Å². The molecule has 1 aliphatic rings. The lowest BCUT2D eigenvalue weighted by Crippen LogP contribution is -2.36. The second-order valence-corrected chi connectivity index (χ2v) is 15.6. The second kappa shape index (κ2) is 23.1. The van der Waals surface area contributed by atoms with E-state index in [0.717, 1.165) is 45.6 Å². The van der Waals surface area contributed by atoms with Crippen LogP contribution in [0.1, 0.15) is 97.8 Å². The maximum absolute atomic E-state index is 13.6. The molecule has 1 heterocycles. The van der Waals surface area contributed by atoms with Crippen molar-refractivity contribution in [2.24, 2.45) is 11.7 Å². The average Bonchev–Trinajstić information content (AvgIpc) is 3.39. The van der Waals surface area contributed by atoms with Gasteiger partial charge in [-0.15, -0.1) is 0 Å². The number of carbonyl (C=O) groups is 4. The van der Waals surface area contributed by atoms with Crippen LogP contribution >= 0.6 is 11.6 Å². The van der Waals surface area contributed by atoms with E-state index in [-0.39, 0.29) is 46.6 Å². The third kappa shape index (κ3) is 15.8. The Balaban J connectivity index is 1.68. The van der Waals surface area contributed by atoms with Crippen LogP contribution in [0.15, 0.2) is 24.3 Å². The zero-order valence-electron chi connectivity index (χ0n) is 34.7. The summed E-state index contributed by atoms with van der Waals surface area (Å²) in [5.74, 6) is -0.774. The normalized spacial score (nSPS) is 14.3. The van der Waals surface area contributed by atoms with Gasteiger partial charge in [0.15, 0.2) is 11.5 Å². The van der Waals surface area contributed by atoms with Gasteiger partial charge >= 0.3 is 18.0 Å². The molecule has 3 N–H and O–H groups in total. The quantitative estimate of drug-likeness (QED) is 0.0856. The maximum Gasteiger partial charge on any atom is 0.407 e. The third-order valence-corrected chi connectivity index (χ3v) is 9.25. The fourth-order valence-electron chi connectivity index (χ4n) is 6.16. The molecular formula is C41H61ClN4O11. The number of alkyl carbamates (subject to hydrolysis) is 1. The Bertz CT molecular complexity index is 1620. The van der Waals surface area contributed by atoms with Crippen LogP contribution < -0.4 is 30.0 Å². The SMILES string of the molecule is COc1cc(C(=O)OC(CCCOc2cc(C(=O)OCC(C)C)cc(Cl)c2C(N)=O)CCN2CCCN(CCCNC(=O)OC(C)(C)C)CC2)cc(OC)c1OC. The molecule has 1 fully saturated rings. The van der Waals surface area contributed by atoms with Crippen molar-refractivity contribution in [2.45, 2.75) is 78.4 Å². The summed E-state index contributed by atoms with van der Waals surface area (Å²) in [5.41, 5.74) is 5.40. The van der Waals surface area contributed by atoms with Crippen molar-refractivity contribution in [3.63, 3.8) is 0 Å². The topological polar surface area (TPSA) is 177 Å². The Kier molecular flexibility index (Phi) is 19.0. The van der Waals surface area contributed by atoms with Gasteiger partial charge in [0.1, 0.15) is 17.5 Å². The summed E-state index contributed by atoms with van der Waals surface area (Å²) >= 11 is 6.38. The number of hydrogen-bond acceptors (Lipinski definition) is 13. The zero-order chi connectivity index (χ0) is 42.1. The van der Waals surface area contributed by atoms with Gasteiger partial charge in [0.25, 0.3) is 5.91 Å². The molecule has 318 valence electrons. The number of halogens is 1. The summed E-state index contributed by atoms with van der Waals surface area (Å²) in [5, 5.41) is 2.80. The predicted molar refractivity (Wildman–Crippen MR) is 216 cm³/mol. The van der Waals surface area contributed by atoms with Crippen LogP contribution in [0.3, 0.4) is 0 Å². The number of amides is 2. The van der Waals surface area contributed by atoms with Gasteiger partial charge < -0.3 is 54.0 Å². The van der Waals surface area contributed by atoms with Crippen LogP contribution in [0.25, 0.3) is 0 Å². The van der Waals surface area contributed by atoms with E-state index in [1.54, 1.807) is 12.1 Å². The number of carbonyl (C=O) groups excluding carboxylic acids is 4. The molecule has 0 radical (unpaired) electrons. The Morgan fingerprint density at radius 3 is 2.02 bits per heavy atom. The third-order valence-electron chi connectivity index (χ3n) is 8.95. The molecule has 16 heteroatoms. The first-order chi connectivity index (χ1) is 27.0. The van der Waals surface area contributed by atoms with Crippen LogP contribution in [0, 0.1) is 5.92 Å². The standard InChI is InChI=1S/C41H61ClN4O11/c1-27(2)26-55-38(48)28-22-31(42)35(37(43)47)32(23-28)54-21-9-12-30(56-39(49)29-24-33(51-6)36(53-8)34(25-29)52-7)13-18-46-17-11-16-45(19-20-46)15-10-14-44-40(50)57-41(3,4)5/h22-25,27,30H,9-21,26H2,1-8H3,(H2,43,47)(H,44,50). The summed E-state index contributed by atoms with van der Waals surface area (Å²) in [7, 11) is 4.43. The molecule has 57 heavy (non-hydrogen) atoms. The number of primary amides is 1. The lowest BCUT2D eigenvalue weighted by atomic mass is 10.1. The van der Waals surface area contributed by atoms with E-state index < -0.39 is 35.6 Å². The van der Waals surface area contributed by atoms with E-state index in [2.05, 4.69) is 15.1 Å². The van der Waals surface area contributed by atoms with E-state index in [1.807, 2.05) is 34.6 Å². The van der Waals surface area contributed by atoms with Gasteiger partial charge in [-0.2, -0.15) is 0 Å². The highest BCUT2D eigenvalue weighted by Crippen LogP contribution is 2.38. The fourth-order valence-corrected chi connectivity index (χ4v) is 6.46. The molecule has 0 bridgehead atoms. The summed E-state index contributed by atoms with van der Waals surface area (Å²) < 4.78 is 39.1. The van der Waals surface area contributed by atoms with Gasteiger partial charge in [-0.25, -0.2) is 14.4 Å². The van der Waals surface area contributed by atoms with Crippen molar-refractivity contribution < 1.29 is 52.3 Å². The number of benzene rings is 2. The Morgan fingerprint density at radius 2 is 1.44 bits per heavy atom. The molecule has 15 nitrogen and oxygen atoms in total. The minimum absolute atomic E-state index is 0.0258. The highest BCUT2D eigenvalue weighted by Gasteiger charge is 2.24. The fraction of sp³-hybridized carbons (Fsp3) is 0.610. The van der Waals surface area contributed by atoms with Crippen molar-refractivity contribution in [1.29, 1.82) is 0 Å². The largest absolute Gasteiger partial charge is 0.493 e. The smallest absolute Gasteiger partial charge is 0.407 e. The molecule has 3 rings (SSSR count). The van der Waals surface area contributed by atoms with E-state index in [4.69, 9.17) is 50.5 Å². The van der Waals surface area contributed by atoms with Crippen LogP contribution in [-0.4, -0.2) is 126 Å². The highest BCUT2D eigenvalue weighted by molar-refractivity contribution is 6.34. The van der Waals surface area contributed by atoms with Gasteiger partial charge in [-0.3, -0.25) is 4.79 Å². The number of rotatable bonds is 21. The lowest BCUT2D eigenvalue weighted by Gasteiger charge is -2.25. The van der Waals surface area contributed by atoms with Crippen molar-refractivity contribution in [2.75, 3.05) is 80.4 Å². The summed E-state index contributed by atoms with van der Waals surface area (Å²) in [6, 6.07) is 5.83.